The van der Waals surface area contributed by atoms with E-state index in [1.165, 1.54) is 0 Å². The normalized spacial score (nSPS) is 24.3. The first-order valence-corrected chi connectivity index (χ1v) is 9.94. The summed E-state index contributed by atoms with van der Waals surface area (Å²) in [5.74, 6) is 1.29. The summed E-state index contributed by atoms with van der Waals surface area (Å²) in [7, 11) is 5.85. The minimum absolute atomic E-state index is 0.0714. The molecule has 6 heteroatoms. The van der Waals surface area contributed by atoms with Crippen molar-refractivity contribution in [1.82, 2.24) is 15.1 Å². The van der Waals surface area contributed by atoms with Gasteiger partial charge in [-0.1, -0.05) is 18.2 Å². The Hall–Kier alpha value is -1.63. The second-order valence-corrected chi connectivity index (χ2v) is 7.98. The van der Waals surface area contributed by atoms with Gasteiger partial charge in [-0.2, -0.15) is 0 Å². The van der Waals surface area contributed by atoms with Gasteiger partial charge in [0.05, 0.1) is 13.5 Å². The van der Waals surface area contributed by atoms with Gasteiger partial charge in [-0.15, -0.1) is 0 Å². The van der Waals surface area contributed by atoms with Gasteiger partial charge in [-0.3, -0.25) is 9.69 Å². The fourth-order valence-corrected chi connectivity index (χ4v) is 4.35. The van der Waals surface area contributed by atoms with E-state index >= 15 is 0 Å². The summed E-state index contributed by atoms with van der Waals surface area (Å²) < 4.78 is 10.9. The number of hydrogen-bond donors (Lipinski definition) is 1. The fraction of sp³-hybridized carbons (Fsp3) is 0.667. The Bertz CT molecular complexity index is 616. The number of nitrogens with zero attached hydrogens (tertiary/aromatic N) is 2. The molecule has 0 spiro atoms. The van der Waals surface area contributed by atoms with E-state index in [1.54, 1.807) is 7.11 Å². The molecule has 1 amide bonds. The van der Waals surface area contributed by atoms with Gasteiger partial charge in [0, 0.05) is 56.4 Å². The zero-order valence-corrected chi connectivity index (χ0v) is 16.8. The van der Waals surface area contributed by atoms with Gasteiger partial charge in [0.2, 0.25) is 5.91 Å². The highest BCUT2D eigenvalue weighted by Crippen LogP contribution is 2.25. The number of rotatable bonds is 7. The van der Waals surface area contributed by atoms with Crippen LogP contribution in [0.5, 0.6) is 5.75 Å². The fourth-order valence-electron chi connectivity index (χ4n) is 4.35. The van der Waals surface area contributed by atoms with Gasteiger partial charge >= 0.3 is 0 Å². The van der Waals surface area contributed by atoms with E-state index in [2.05, 4.69) is 29.2 Å². The summed E-state index contributed by atoms with van der Waals surface area (Å²) in [6.07, 6.45) is 2.54. The van der Waals surface area contributed by atoms with Crippen molar-refractivity contribution in [2.75, 3.05) is 54.1 Å². The molecule has 27 heavy (non-hydrogen) atoms. The first-order valence-electron chi connectivity index (χ1n) is 9.94. The average molecular weight is 376 g/mol. The highest BCUT2D eigenvalue weighted by atomic mass is 16.5. The maximum atomic E-state index is 12.7. The first-order chi connectivity index (χ1) is 13.1. The van der Waals surface area contributed by atoms with E-state index in [9.17, 15) is 4.79 Å². The van der Waals surface area contributed by atoms with Crippen LogP contribution < -0.4 is 10.1 Å². The predicted molar refractivity (Wildman–Crippen MR) is 106 cm³/mol. The van der Waals surface area contributed by atoms with Crippen molar-refractivity contribution in [1.29, 1.82) is 0 Å². The Morgan fingerprint density at radius 1 is 1.26 bits per heavy atom. The molecule has 150 valence electrons. The molecule has 2 fully saturated rings. The quantitative estimate of drug-likeness (QED) is 0.781. The van der Waals surface area contributed by atoms with Crippen molar-refractivity contribution in [3.05, 3.63) is 29.8 Å². The van der Waals surface area contributed by atoms with Crippen LogP contribution in [0.1, 0.15) is 18.4 Å². The number of methoxy groups -OCH3 is 1. The van der Waals surface area contributed by atoms with Crippen molar-refractivity contribution in [2.45, 2.75) is 31.3 Å². The number of likely N-dealkylation sites (tertiary alicyclic amines) is 1. The molecule has 6 nitrogen and oxygen atoms in total. The summed E-state index contributed by atoms with van der Waals surface area (Å²) >= 11 is 0. The molecule has 2 heterocycles. The smallest absolute Gasteiger partial charge is 0.224 e. The second kappa shape index (κ2) is 9.53. The van der Waals surface area contributed by atoms with E-state index in [1.807, 2.05) is 24.3 Å². The van der Waals surface area contributed by atoms with Crippen LogP contribution in [0, 0.1) is 5.92 Å². The number of benzene rings is 1. The SMILES string of the molecule is COc1ccccc1CC(=O)N[C@@H]1CN(C2CCOCC2)C[C@H]1CN(C)C. The molecule has 0 saturated carbocycles. The topological polar surface area (TPSA) is 54.0 Å². The number of carbonyl (C=O) groups excluding carboxylic acids is 1. The van der Waals surface area contributed by atoms with Crippen molar-refractivity contribution in [3.63, 3.8) is 0 Å². The molecule has 0 aromatic heterocycles. The molecule has 1 aromatic carbocycles. The van der Waals surface area contributed by atoms with Crippen molar-refractivity contribution in [2.24, 2.45) is 5.92 Å². The van der Waals surface area contributed by atoms with Gasteiger partial charge in [-0.05, 0) is 33.0 Å². The molecule has 3 rings (SSSR count). The highest BCUT2D eigenvalue weighted by Gasteiger charge is 2.37. The molecular weight excluding hydrogens is 342 g/mol. The lowest BCUT2D eigenvalue weighted by Gasteiger charge is -2.31. The largest absolute Gasteiger partial charge is 0.496 e. The molecule has 2 saturated heterocycles. The van der Waals surface area contributed by atoms with E-state index in [0.29, 0.717) is 18.4 Å². The monoisotopic (exact) mass is 375 g/mol. The van der Waals surface area contributed by atoms with Crippen LogP contribution in [0.15, 0.2) is 24.3 Å². The third-order valence-electron chi connectivity index (χ3n) is 5.67. The predicted octanol–water partition coefficient (Wildman–Crippen LogP) is 1.39. The molecule has 0 aliphatic carbocycles. The summed E-state index contributed by atoms with van der Waals surface area (Å²) in [5, 5.41) is 3.31. The molecule has 2 aliphatic rings. The summed E-state index contributed by atoms with van der Waals surface area (Å²) in [4.78, 5) is 17.5. The van der Waals surface area contributed by atoms with Crippen LogP contribution in [0.4, 0.5) is 0 Å². The lowest BCUT2D eigenvalue weighted by atomic mass is 10.0. The molecule has 0 radical (unpaired) electrons. The Morgan fingerprint density at radius 3 is 2.70 bits per heavy atom. The number of ether oxygens (including phenoxy) is 2. The van der Waals surface area contributed by atoms with Crippen LogP contribution in [-0.2, 0) is 16.0 Å². The number of amides is 1. The molecule has 0 unspecified atom stereocenters. The van der Waals surface area contributed by atoms with Gasteiger partial charge < -0.3 is 19.7 Å². The number of para-hydroxylation sites is 1. The Labute approximate surface area is 162 Å². The molecule has 2 atom stereocenters. The Morgan fingerprint density at radius 2 is 2.00 bits per heavy atom. The standard InChI is InChI=1S/C21H33N3O3/c1-23(2)13-17-14-24(18-8-10-27-11-9-18)15-19(17)22-21(25)12-16-6-4-5-7-20(16)26-3/h4-7,17-19H,8-15H2,1-3H3,(H,22,25)/t17-,19-/m1/s1. The van der Waals surface area contributed by atoms with Gasteiger partial charge in [0.1, 0.15) is 5.75 Å². The first kappa shape index (κ1) is 20.1. The molecule has 1 N–H and O–H groups in total. The minimum atomic E-state index is 0.0714. The van der Waals surface area contributed by atoms with Gasteiger partial charge in [0.15, 0.2) is 0 Å². The van der Waals surface area contributed by atoms with Crippen molar-refractivity contribution in [3.8, 4) is 5.75 Å². The Balaban J connectivity index is 1.62. The maximum Gasteiger partial charge on any atom is 0.224 e. The maximum absolute atomic E-state index is 12.7. The second-order valence-electron chi connectivity index (χ2n) is 7.98. The molecule has 0 bridgehead atoms. The van der Waals surface area contributed by atoms with Gasteiger partial charge in [-0.25, -0.2) is 0 Å². The van der Waals surface area contributed by atoms with E-state index in [4.69, 9.17) is 9.47 Å². The zero-order valence-electron chi connectivity index (χ0n) is 16.8. The van der Waals surface area contributed by atoms with Crippen LogP contribution in [0.3, 0.4) is 0 Å². The van der Waals surface area contributed by atoms with Crippen molar-refractivity contribution >= 4 is 5.91 Å². The Kier molecular flexibility index (Phi) is 7.10. The summed E-state index contributed by atoms with van der Waals surface area (Å²) in [5.41, 5.74) is 0.931. The van der Waals surface area contributed by atoms with E-state index in [-0.39, 0.29) is 11.9 Å². The minimum Gasteiger partial charge on any atom is -0.496 e. The number of carbonyl (C=O) groups is 1. The van der Waals surface area contributed by atoms with Crippen LogP contribution in [0.25, 0.3) is 0 Å². The third kappa shape index (κ3) is 5.43. The van der Waals surface area contributed by atoms with Crippen LogP contribution in [-0.4, -0.2) is 81.8 Å². The molecule has 2 aliphatic heterocycles. The number of hydrogen-bond acceptors (Lipinski definition) is 5. The van der Waals surface area contributed by atoms with E-state index in [0.717, 1.165) is 57.0 Å². The van der Waals surface area contributed by atoms with Crippen LogP contribution >= 0.6 is 0 Å². The third-order valence-corrected chi connectivity index (χ3v) is 5.67. The zero-order chi connectivity index (χ0) is 19.2. The van der Waals surface area contributed by atoms with Crippen LogP contribution in [0.2, 0.25) is 0 Å². The van der Waals surface area contributed by atoms with Crippen molar-refractivity contribution < 1.29 is 14.3 Å². The lowest BCUT2D eigenvalue weighted by Crippen LogP contribution is -2.44. The lowest BCUT2D eigenvalue weighted by molar-refractivity contribution is -0.121. The number of nitrogens with one attached hydrogen (secondary N) is 1. The van der Waals surface area contributed by atoms with Gasteiger partial charge in [0.25, 0.3) is 0 Å². The van der Waals surface area contributed by atoms with E-state index < -0.39 is 0 Å². The summed E-state index contributed by atoms with van der Waals surface area (Å²) in [6.45, 7) is 4.66. The molecule has 1 aromatic rings. The molecular formula is C21H33N3O3. The highest BCUT2D eigenvalue weighted by molar-refractivity contribution is 5.79. The summed E-state index contributed by atoms with van der Waals surface area (Å²) in [6, 6.07) is 8.51. The average Bonchev–Trinajstić information content (AvgIpc) is 3.04.